The Bertz CT molecular complexity index is 1450. The normalized spacial score (nSPS) is 14.5. The zero-order valence-electron chi connectivity index (χ0n) is 21.4. The van der Waals surface area contributed by atoms with Gasteiger partial charge in [0, 0.05) is 23.5 Å². The fraction of sp³-hybridized carbons (Fsp3) is 0.286. The number of rotatable bonds is 7. The highest BCUT2D eigenvalue weighted by Crippen LogP contribution is 2.34. The highest BCUT2D eigenvalue weighted by molar-refractivity contribution is 5.98. The maximum absolute atomic E-state index is 11.7. The number of anilines is 3. The maximum Gasteiger partial charge on any atom is 0.328 e. The largest absolute Gasteiger partial charge is 0.424 e. The van der Waals surface area contributed by atoms with Crippen molar-refractivity contribution in [3.8, 4) is 11.8 Å². The third-order valence-corrected chi connectivity index (χ3v) is 6.74. The Labute approximate surface area is 216 Å². The summed E-state index contributed by atoms with van der Waals surface area (Å²) in [5.74, 6) is 1.20. The van der Waals surface area contributed by atoms with Crippen molar-refractivity contribution in [2.24, 2.45) is 0 Å². The fourth-order valence-corrected chi connectivity index (χ4v) is 4.71. The number of aryl methyl sites for hydroxylation is 2. The highest BCUT2D eigenvalue weighted by atomic mass is 16.5. The van der Waals surface area contributed by atoms with Gasteiger partial charge in [-0.15, -0.1) is 0 Å². The summed E-state index contributed by atoms with van der Waals surface area (Å²) in [6.45, 7) is 10.0. The molecule has 37 heavy (non-hydrogen) atoms. The first-order chi connectivity index (χ1) is 17.9. The van der Waals surface area contributed by atoms with E-state index >= 15 is 0 Å². The number of nitrogens with one attached hydrogen (secondary N) is 2. The van der Waals surface area contributed by atoms with Crippen molar-refractivity contribution in [2.75, 3.05) is 30.8 Å². The summed E-state index contributed by atoms with van der Waals surface area (Å²) in [7, 11) is 2.19. The molecule has 1 saturated heterocycles. The number of fused-ring (bicyclic) bond motifs is 1. The summed E-state index contributed by atoms with van der Waals surface area (Å²) in [6.07, 6.45) is 5.23. The Morgan fingerprint density at radius 2 is 1.92 bits per heavy atom. The molecule has 0 spiro atoms. The van der Waals surface area contributed by atoms with Gasteiger partial charge in [0.2, 0.25) is 11.9 Å². The van der Waals surface area contributed by atoms with Gasteiger partial charge in [0.25, 0.3) is 0 Å². The summed E-state index contributed by atoms with van der Waals surface area (Å²) in [5.41, 5.74) is 5.98. The summed E-state index contributed by atoms with van der Waals surface area (Å²) in [5, 5.41) is 10.4. The molecule has 0 saturated carbocycles. The number of aromatic nitrogens is 4. The fourth-order valence-electron chi connectivity index (χ4n) is 4.71. The predicted octanol–water partition coefficient (Wildman–Crippen LogP) is 5.21. The maximum atomic E-state index is 11.7. The molecule has 0 unspecified atom stereocenters. The van der Waals surface area contributed by atoms with E-state index in [0.717, 1.165) is 24.3 Å². The number of amides is 1. The van der Waals surface area contributed by atoms with E-state index in [1.54, 1.807) is 36.5 Å². The van der Waals surface area contributed by atoms with Gasteiger partial charge < -0.3 is 20.3 Å². The standard InChI is InChI=1S/C28H31N7O2/c1-5-26(36)30-21-7-6-8-22(17-21)37-28-33-27(32-25-9-12-29-35(25)28)31-24-16-18(2)23(15-19(24)3)20-10-13-34(4)14-11-20/h5-9,12,15-17,20H,1,10-11,13-14H2,2-4H3,(H,30,36)(H,31,32). The van der Waals surface area contributed by atoms with E-state index in [-0.39, 0.29) is 11.9 Å². The number of piperidine rings is 1. The molecule has 0 radical (unpaired) electrons. The van der Waals surface area contributed by atoms with E-state index in [0.29, 0.717) is 29.0 Å². The second-order valence-corrected chi connectivity index (χ2v) is 9.48. The monoisotopic (exact) mass is 497 g/mol. The Morgan fingerprint density at radius 3 is 2.70 bits per heavy atom. The third kappa shape index (κ3) is 5.46. The van der Waals surface area contributed by atoms with Gasteiger partial charge in [-0.25, -0.2) is 0 Å². The Morgan fingerprint density at radius 1 is 1.11 bits per heavy atom. The third-order valence-electron chi connectivity index (χ3n) is 6.74. The van der Waals surface area contributed by atoms with Crippen molar-refractivity contribution in [1.82, 2.24) is 24.5 Å². The van der Waals surface area contributed by atoms with Gasteiger partial charge in [0.05, 0.1) is 6.20 Å². The number of carbonyl (C=O) groups is 1. The van der Waals surface area contributed by atoms with Crippen molar-refractivity contribution in [2.45, 2.75) is 32.6 Å². The molecule has 0 bridgehead atoms. The molecule has 2 aromatic carbocycles. The van der Waals surface area contributed by atoms with Crippen LogP contribution < -0.4 is 15.4 Å². The van der Waals surface area contributed by atoms with Crippen molar-refractivity contribution >= 4 is 28.9 Å². The molecule has 5 rings (SSSR count). The van der Waals surface area contributed by atoms with E-state index in [4.69, 9.17) is 4.74 Å². The summed E-state index contributed by atoms with van der Waals surface area (Å²) in [4.78, 5) is 23.3. The van der Waals surface area contributed by atoms with E-state index in [9.17, 15) is 4.79 Å². The van der Waals surface area contributed by atoms with E-state index in [1.807, 2.05) is 0 Å². The highest BCUT2D eigenvalue weighted by Gasteiger charge is 2.21. The van der Waals surface area contributed by atoms with Crippen molar-refractivity contribution in [3.63, 3.8) is 0 Å². The number of hydrogen-bond donors (Lipinski definition) is 2. The predicted molar refractivity (Wildman–Crippen MR) is 145 cm³/mol. The molecule has 1 aliphatic heterocycles. The van der Waals surface area contributed by atoms with Gasteiger partial charge in [-0.05, 0) is 93.7 Å². The molecule has 3 heterocycles. The number of ether oxygens (including phenoxy) is 1. The van der Waals surface area contributed by atoms with Gasteiger partial charge >= 0.3 is 6.01 Å². The lowest BCUT2D eigenvalue weighted by molar-refractivity contribution is -0.111. The zero-order chi connectivity index (χ0) is 25.9. The molecule has 2 N–H and O–H groups in total. The quantitative estimate of drug-likeness (QED) is 0.338. The van der Waals surface area contributed by atoms with Crippen LogP contribution in [0.15, 0.2) is 61.3 Å². The molecule has 1 aliphatic rings. The van der Waals surface area contributed by atoms with E-state index < -0.39 is 0 Å². The number of likely N-dealkylation sites (tertiary alicyclic amines) is 1. The lowest BCUT2D eigenvalue weighted by Gasteiger charge is -2.30. The average Bonchev–Trinajstić information content (AvgIpc) is 3.36. The van der Waals surface area contributed by atoms with Gasteiger partial charge in [0.15, 0.2) is 5.65 Å². The first-order valence-corrected chi connectivity index (χ1v) is 12.4. The lowest BCUT2D eigenvalue weighted by atomic mass is 9.86. The SMILES string of the molecule is C=CC(=O)Nc1cccc(Oc2nc(Nc3cc(C)c(C4CCN(C)CC4)cc3C)nc3ccnn23)c1. The van der Waals surface area contributed by atoms with Crippen LogP contribution >= 0.6 is 0 Å². The summed E-state index contributed by atoms with van der Waals surface area (Å²) >= 11 is 0. The molecular weight excluding hydrogens is 466 g/mol. The van der Waals surface area contributed by atoms with E-state index in [1.165, 1.54) is 34.6 Å². The van der Waals surface area contributed by atoms with Crippen molar-refractivity contribution in [1.29, 1.82) is 0 Å². The number of hydrogen-bond acceptors (Lipinski definition) is 7. The number of nitrogens with zero attached hydrogens (tertiary/aromatic N) is 5. The van der Waals surface area contributed by atoms with Crippen LogP contribution in [0, 0.1) is 13.8 Å². The second-order valence-electron chi connectivity index (χ2n) is 9.48. The molecule has 0 aliphatic carbocycles. The van der Waals surface area contributed by atoms with Gasteiger partial charge in [-0.2, -0.15) is 19.6 Å². The molecular formula is C28H31N7O2. The topological polar surface area (TPSA) is 96.7 Å². The molecule has 4 aromatic rings. The molecule has 9 nitrogen and oxygen atoms in total. The smallest absolute Gasteiger partial charge is 0.328 e. The minimum atomic E-state index is -0.298. The molecule has 1 fully saturated rings. The molecule has 190 valence electrons. The molecule has 2 aromatic heterocycles. The number of carbonyl (C=O) groups excluding carboxylic acids is 1. The second kappa shape index (κ2) is 10.4. The van der Waals surface area contributed by atoms with Crippen molar-refractivity contribution < 1.29 is 9.53 Å². The minimum absolute atomic E-state index is 0.252. The summed E-state index contributed by atoms with van der Waals surface area (Å²) in [6, 6.07) is 13.6. The Balaban J connectivity index is 1.41. The molecule has 9 heteroatoms. The molecule has 1 amide bonds. The first kappa shape index (κ1) is 24.5. The van der Waals surface area contributed by atoms with Crippen molar-refractivity contribution in [3.05, 3.63) is 78.0 Å². The van der Waals surface area contributed by atoms with Crippen LogP contribution in [-0.4, -0.2) is 50.5 Å². The van der Waals surface area contributed by atoms with Gasteiger partial charge in [0.1, 0.15) is 5.75 Å². The Hall–Kier alpha value is -4.24. The Kier molecular flexibility index (Phi) is 6.87. The first-order valence-electron chi connectivity index (χ1n) is 12.4. The average molecular weight is 498 g/mol. The molecule has 0 atom stereocenters. The summed E-state index contributed by atoms with van der Waals surface area (Å²) < 4.78 is 7.60. The van der Waals surface area contributed by atoms with Crippen LogP contribution in [0.25, 0.3) is 5.65 Å². The van der Waals surface area contributed by atoms with Gasteiger partial charge in [-0.3, -0.25) is 4.79 Å². The van der Waals surface area contributed by atoms with Crippen LogP contribution in [0.4, 0.5) is 17.3 Å². The van der Waals surface area contributed by atoms with E-state index in [2.05, 4.69) is 70.2 Å². The van der Waals surface area contributed by atoms with Crippen LogP contribution in [-0.2, 0) is 4.79 Å². The zero-order valence-corrected chi connectivity index (χ0v) is 21.4. The van der Waals surface area contributed by atoms with Crippen LogP contribution in [0.3, 0.4) is 0 Å². The van der Waals surface area contributed by atoms with Crippen LogP contribution in [0.5, 0.6) is 11.8 Å². The lowest BCUT2D eigenvalue weighted by Crippen LogP contribution is -2.29. The van der Waals surface area contributed by atoms with Gasteiger partial charge in [-0.1, -0.05) is 18.7 Å². The minimum Gasteiger partial charge on any atom is -0.424 e. The number of benzene rings is 2. The van der Waals surface area contributed by atoms with Crippen LogP contribution in [0.1, 0.15) is 35.4 Å². The van der Waals surface area contributed by atoms with Crippen LogP contribution in [0.2, 0.25) is 0 Å².